The number of ether oxygens (including phenoxy) is 1. The molecule has 0 saturated carbocycles. The Balaban J connectivity index is 2.49. The van der Waals surface area contributed by atoms with Crippen molar-refractivity contribution >= 4 is 33.2 Å². The Morgan fingerprint density at radius 1 is 1.42 bits per heavy atom. The summed E-state index contributed by atoms with van der Waals surface area (Å²) in [6, 6.07) is 1.72. The number of hydrogen-bond donors (Lipinski definition) is 0. The van der Waals surface area contributed by atoms with Crippen molar-refractivity contribution in [2.45, 2.75) is 25.6 Å². The summed E-state index contributed by atoms with van der Waals surface area (Å²) in [5, 5.41) is -0.0969. The molecule has 0 bridgehead atoms. The lowest BCUT2D eigenvalue weighted by atomic mass is 10.1. The molecule has 0 spiro atoms. The van der Waals surface area contributed by atoms with E-state index in [2.05, 4.69) is 0 Å². The molecule has 24 heavy (non-hydrogen) atoms. The minimum Gasteiger partial charge on any atom is -0.449 e. The molecule has 1 atom stereocenters. The first-order valence-electron chi connectivity index (χ1n) is 7.08. The van der Waals surface area contributed by atoms with Crippen molar-refractivity contribution < 1.29 is 31.1 Å². The Labute approximate surface area is 142 Å². The number of carbonyl (C=O) groups excluding carboxylic acids is 1. The van der Waals surface area contributed by atoms with E-state index in [9.17, 15) is 26.4 Å². The number of rotatable bonds is 3. The molecule has 1 aromatic carbocycles. The number of sulfone groups is 1. The Morgan fingerprint density at radius 3 is 2.58 bits per heavy atom. The SMILES string of the molecule is CCOC(=O)N(c1cc(C(F)(F)F)ccc1Cl)C1CCS(=O)(=O)C1. The van der Waals surface area contributed by atoms with Crippen LogP contribution in [-0.2, 0) is 20.8 Å². The van der Waals surface area contributed by atoms with Crippen molar-refractivity contribution in [1.29, 1.82) is 0 Å². The summed E-state index contributed by atoms with van der Waals surface area (Å²) in [7, 11) is -3.36. The van der Waals surface area contributed by atoms with E-state index in [4.69, 9.17) is 16.3 Å². The number of nitrogens with zero attached hydrogens (tertiary/aromatic N) is 1. The van der Waals surface area contributed by atoms with Gasteiger partial charge in [0.25, 0.3) is 0 Å². The highest BCUT2D eigenvalue weighted by molar-refractivity contribution is 7.91. The fourth-order valence-electron chi connectivity index (χ4n) is 2.49. The van der Waals surface area contributed by atoms with Gasteiger partial charge in [-0.3, -0.25) is 4.90 Å². The normalized spacial score (nSPS) is 20.0. The van der Waals surface area contributed by atoms with Crippen LogP contribution in [-0.4, -0.2) is 38.7 Å². The third-order valence-electron chi connectivity index (χ3n) is 3.57. The Hall–Kier alpha value is -1.48. The molecule has 5 nitrogen and oxygen atoms in total. The van der Waals surface area contributed by atoms with Crippen LogP contribution in [0.15, 0.2) is 18.2 Å². The second-order valence-corrected chi connectivity index (χ2v) is 7.93. The van der Waals surface area contributed by atoms with Crippen LogP contribution in [0.2, 0.25) is 5.02 Å². The number of hydrogen-bond acceptors (Lipinski definition) is 4. The lowest BCUT2D eigenvalue weighted by molar-refractivity contribution is -0.137. The van der Waals surface area contributed by atoms with Gasteiger partial charge in [0, 0.05) is 0 Å². The smallest absolute Gasteiger partial charge is 0.416 e. The van der Waals surface area contributed by atoms with E-state index < -0.39 is 33.7 Å². The third-order valence-corrected chi connectivity index (χ3v) is 5.64. The van der Waals surface area contributed by atoms with Crippen LogP contribution >= 0.6 is 11.6 Å². The molecule has 1 unspecified atom stereocenters. The highest BCUT2D eigenvalue weighted by Crippen LogP contribution is 2.37. The third kappa shape index (κ3) is 4.13. The molecule has 1 aliphatic heterocycles. The molecule has 134 valence electrons. The van der Waals surface area contributed by atoms with Gasteiger partial charge in [-0.1, -0.05) is 11.6 Å². The fourth-order valence-corrected chi connectivity index (χ4v) is 4.40. The molecular formula is C14H15ClF3NO4S. The van der Waals surface area contributed by atoms with Crippen LogP contribution in [0.5, 0.6) is 0 Å². The minimum atomic E-state index is -4.62. The lowest BCUT2D eigenvalue weighted by Gasteiger charge is -2.28. The average molecular weight is 386 g/mol. The van der Waals surface area contributed by atoms with E-state index in [0.29, 0.717) is 0 Å². The number of halogens is 4. The molecule has 1 amide bonds. The number of carbonyl (C=O) groups is 1. The maximum atomic E-state index is 12.9. The molecule has 1 fully saturated rings. The topological polar surface area (TPSA) is 63.7 Å². The van der Waals surface area contributed by atoms with Gasteiger partial charge >= 0.3 is 12.3 Å². The molecule has 0 N–H and O–H groups in total. The van der Waals surface area contributed by atoms with Crippen molar-refractivity contribution in [2.75, 3.05) is 23.0 Å². The largest absolute Gasteiger partial charge is 0.449 e. The molecule has 2 rings (SSSR count). The molecule has 0 radical (unpaired) electrons. The van der Waals surface area contributed by atoms with Gasteiger partial charge < -0.3 is 4.74 Å². The summed E-state index contributed by atoms with van der Waals surface area (Å²) in [6.07, 6.45) is -5.45. The molecule has 1 aliphatic rings. The van der Waals surface area contributed by atoms with Gasteiger partial charge in [0.1, 0.15) is 0 Å². The zero-order valence-corrected chi connectivity index (χ0v) is 14.2. The quantitative estimate of drug-likeness (QED) is 0.798. The summed E-state index contributed by atoms with van der Waals surface area (Å²) < 4.78 is 67.0. The maximum Gasteiger partial charge on any atom is 0.416 e. The van der Waals surface area contributed by atoms with Crippen molar-refractivity contribution in [3.05, 3.63) is 28.8 Å². The second-order valence-electron chi connectivity index (χ2n) is 5.29. The molecule has 1 aromatic rings. The molecule has 10 heteroatoms. The molecule has 1 saturated heterocycles. The van der Waals surface area contributed by atoms with Crippen LogP contribution in [0.1, 0.15) is 18.9 Å². The van der Waals surface area contributed by atoms with Crippen molar-refractivity contribution in [3.8, 4) is 0 Å². The lowest BCUT2D eigenvalue weighted by Crippen LogP contribution is -2.42. The highest BCUT2D eigenvalue weighted by atomic mass is 35.5. The van der Waals surface area contributed by atoms with E-state index >= 15 is 0 Å². The zero-order valence-electron chi connectivity index (χ0n) is 12.6. The van der Waals surface area contributed by atoms with Crippen molar-refractivity contribution in [2.24, 2.45) is 0 Å². The number of amides is 1. The predicted molar refractivity (Wildman–Crippen MR) is 83.0 cm³/mol. The Kier molecular flexibility index (Phi) is 5.34. The van der Waals surface area contributed by atoms with Crippen LogP contribution in [0.4, 0.5) is 23.7 Å². The Morgan fingerprint density at radius 2 is 2.08 bits per heavy atom. The Bertz CT molecular complexity index is 736. The zero-order chi connectivity index (χ0) is 18.1. The number of benzene rings is 1. The predicted octanol–water partition coefficient (Wildman–Crippen LogP) is 3.51. The molecule has 1 heterocycles. The van der Waals surface area contributed by atoms with Crippen LogP contribution < -0.4 is 4.90 Å². The van der Waals surface area contributed by atoms with Gasteiger partial charge in [0.15, 0.2) is 9.84 Å². The first-order valence-corrected chi connectivity index (χ1v) is 9.28. The summed E-state index contributed by atoms with van der Waals surface area (Å²) >= 11 is 5.97. The van der Waals surface area contributed by atoms with Gasteiger partial charge in [0.2, 0.25) is 0 Å². The highest BCUT2D eigenvalue weighted by Gasteiger charge is 2.38. The van der Waals surface area contributed by atoms with E-state index in [-0.39, 0.29) is 35.2 Å². The summed E-state index contributed by atoms with van der Waals surface area (Å²) in [5.41, 5.74) is -1.20. The first kappa shape index (κ1) is 18.9. The summed E-state index contributed by atoms with van der Waals surface area (Å²) in [5.74, 6) is -0.497. The van der Waals surface area contributed by atoms with E-state index in [1.54, 1.807) is 0 Å². The van der Waals surface area contributed by atoms with Crippen molar-refractivity contribution in [1.82, 2.24) is 0 Å². The standard InChI is InChI=1S/C14H15ClF3NO4S/c1-2-23-13(20)19(10-5-6-24(21,22)8-10)12-7-9(14(16,17)18)3-4-11(12)15/h3-4,7,10H,2,5-6,8H2,1H3. The van der Waals surface area contributed by atoms with E-state index in [1.165, 1.54) is 6.92 Å². The van der Waals surface area contributed by atoms with E-state index in [1.807, 2.05) is 0 Å². The number of anilines is 1. The van der Waals surface area contributed by atoms with Gasteiger partial charge in [-0.05, 0) is 31.5 Å². The fraction of sp³-hybridized carbons (Fsp3) is 0.500. The van der Waals surface area contributed by atoms with Gasteiger partial charge in [-0.25, -0.2) is 13.2 Å². The maximum absolute atomic E-state index is 12.9. The van der Waals surface area contributed by atoms with Gasteiger partial charge in [-0.2, -0.15) is 13.2 Å². The van der Waals surface area contributed by atoms with Crippen molar-refractivity contribution in [3.63, 3.8) is 0 Å². The molecule has 0 aliphatic carbocycles. The molecule has 0 aromatic heterocycles. The monoisotopic (exact) mass is 385 g/mol. The van der Waals surface area contributed by atoms with Crippen LogP contribution in [0.3, 0.4) is 0 Å². The molecular weight excluding hydrogens is 371 g/mol. The summed E-state index contributed by atoms with van der Waals surface area (Å²) in [4.78, 5) is 13.1. The number of alkyl halides is 3. The van der Waals surface area contributed by atoms with Crippen LogP contribution in [0.25, 0.3) is 0 Å². The van der Waals surface area contributed by atoms with Crippen LogP contribution in [0, 0.1) is 0 Å². The van der Waals surface area contributed by atoms with Gasteiger partial charge in [0.05, 0.1) is 40.4 Å². The average Bonchev–Trinajstić information content (AvgIpc) is 2.80. The second kappa shape index (κ2) is 6.79. The van der Waals surface area contributed by atoms with Gasteiger partial charge in [-0.15, -0.1) is 0 Å². The van der Waals surface area contributed by atoms with E-state index in [0.717, 1.165) is 23.1 Å². The summed E-state index contributed by atoms with van der Waals surface area (Å²) in [6.45, 7) is 1.53. The first-order chi connectivity index (χ1) is 11.0. The minimum absolute atomic E-state index is 0.00855.